The van der Waals surface area contributed by atoms with Crippen molar-refractivity contribution in [2.45, 2.75) is 233 Å². The molecule has 0 saturated heterocycles. The summed E-state index contributed by atoms with van der Waals surface area (Å²) in [6.07, 6.45) is 42.9. The molecule has 0 heteroatoms. The molecule has 1 radical (unpaired) electrons. The van der Waals surface area contributed by atoms with Gasteiger partial charge in [-0.05, 0) is 102 Å². The predicted octanol–water partition coefficient (Wildman–Crippen LogP) is 18.0. The number of hydrogen-bond donors (Lipinski definition) is 0. The monoisotopic (exact) mass is 734 g/mol. The van der Waals surface area contributed by atoms with Crippen LogP contribution in [-0.4, -0.2) is 0 Å². The van der Waals surface area contributed by atoms with Gasteiger partial charge < -0.3 is 0 Å². The van der Waals surface area contributed by atoms with Crippen molar-refractivity contribution < 1.29 is 0 Å². The highest BCUT2D eigenvalue weighted by atomic mass is 14.2. The van der Waals surface area contributed by atoms with Gasteiger partial charge in [-0.3, -0.25) is 0 Å². The number of benzene rings is 3. The number of hydrogen-bond acceptors (Lipinski definition) is 0. The molecule has 0 aliphatic heterocycles. The van der Waals surface area contributed by atoms with E-state index in [9.17, 15) is 0 Å². The first-order valence-electron chi connectivity index (χ1n) is 24.0. The van der Waals surface area contributed by atoms with Crippen LogP contribution in [0.2, 0.25) is 0 Å². The fourth-order valence-electron chi connectivity index (χ4n) is 8.69. The van der Waals surface area contributed by atoms with Crippen LogP contribution in [0.5, 0.6) is 0 Å². The molecule has 0 amide bonds. The Balaban J connectivity index is 1.99. The minimum atomic E-state index is 1.17. The van der Waals surface area contributed by atoms with Gasteiger partial charge in [0, 0.05) is 0 Å². The predicted molar refractivity (Wildman–Crippen MR) is 243 cm³/mol. The van der Waals surface area contributed by atoms with E-state index in [1.165, 1.54) is 233 Å². The largest absolute Gasteiger partial charge is 0.0654 e. The van der Waals surface area contributed by atoms with Gasteiger partial charge in [-0.1, -0.05) is 236 Å². The Kier molecular flexibility index (Phi) is 26.3. The van der Waals surface area contributed by atoms with Crippen molar-refractivity contribution in [3.05, 3.63) is 82.9 Å². The molecule has 0 heterocycles. The molecular weight excluding hydrogens is 649 g/mol. The van der Waals surface area contributed by atoms with Gasteiger partial charge in [0.25, 0.3) is 0 Å². The van der Waals surface area contributed by atoms with Crippen LogP contribution in [0, 0.1) is 6.07 Å². The maximum absolute atomic E-state index is 4.04. The molecular formula is C54H85. The molecule has 0 aliphatic carbocycles. The Labute approximate surface area is 337 Å². The molecule has 0 unspecified atom stereocenters. The Bertz CT molecular complexity index is 1330. The number of rotatable bonds is 34. The molecule has 0 bridgehead atoms. The number of unbranched alkanes of at least 4 members (excludes halogenated alkanes) is 24. The van der Waals surface area contributed by atoms with Gasteiger partial charge in [-0.25, -0.2) is 0 Å². The summed E-state index contributed by atoms with van der Waals surface area (Å²) in [4.78, 5) is 0. The van der Waals surface area contributed by atoms with Gasteiger partial charge in [0.15, 0.2) is 0 Å². The average molecular weight is 734 g/mol. The first-order valence-corrected chi connectivity index (χ1v) is 24.0. The first-order chi connectivity index (χ1) is 26.7. The average Bonchev–Trinajstić information content (AvgIpc) is 3.20. The van der Waals surface area contributed by atoms with E-state index in [1.807, 2.05) is 0 Å². The van der Waals surface area contributed by atoms with E-state index in [1.54, 1.807) is 16.7 Å². The molecule has 0 N–H and O–H groups in total. The molecule has 0 fully saturated rings. The second-order valence-electron chi connectivity index (χ2n) is 16.8. The maximum atomic E-state index is 4.04. The standard InChI is InChI=1S/C54H85/c1-5-9-13-17-21-25-29-37-47-40-33-35-42-50(47)53-46-45-49(39-31-27-23-19-15-11-7-3)52(43-32-28-24-20-16-12-8-4)54(53)51-44-36-34-41-48(51)38-30-26-22-18-14-10-6-2/h33-36,40-42,44-45H,5-32,37-39,43H2,1-4H3. The zero-order valence-corrected chi connectivity index (χ0v) is 36.3. The van der Waals surface area contributed by atoms with E-state index in [-0.39, 0.29) is 0 Å². The molecule has 301 valence electrons. The van der Waals surface area contributed by atoms with Crippen molar-refractivity contribution in [1.29, 1.82) is 0 Å². The lowest BCUT2D eigenvalue weighted by Gasteiger charge is -2.23. The molecule has 3 rings (SSSR count). The van der Waals surface area contributed by atoms with Crippen LogP contribution in [0.3, 0.4) is 0 Å². The van der Waals surface area contributed by atoms with E-state index in [2.05, 4.69) is 88.4 Å². The summed E-state index contributed by atoms with van der Waals surface area (Å²) in [5.74, 6) is 0. The summed E-state index contributed by atoms with van der Waals surface area (Å²) < 4.78 is 0. The minimum Gasteiger partial charge on any atom is -0.0654 e. The summed E-state index contributed by atoms with van der Waals surface area (Å²) >= 11 is 0. The molecule has 0 aromatic heterocycles. The van der Waals surface area contributed by atoms with Crippen LogP contribution in [0.4, 0.5) is 0 Å². The van der Waals surface area contributed by atoms with Crippen molar-refractivity contribution in [3.63, 3.8) is 0 Å². The third-order valence-electron chi connectivity index (χ3n) is 12.1. The van der Waals surface area contributed by atoms with Gasteiger partial charge in [-0.2, -0.15) is 0 Å². The quantitative estimate of drug-likeness (QED) is 0.0536. The lowest BCUT2D eigenvalue weighted by atomic mass is 9.81. The fourth-order valence-corrected chi connectivity index (χ4v) is 8.69. The Morgan fingerprint density at radius 2 is 0.667 bits per heavy atom. The van der Waals surface area contributed by atoms with Crippen LogP contribution in [0.1, 0.15) is 230 Å². The number of aryl methyl sites for hydroxylation is 3. The van der Waals surface area contributed by atoms with Crippen molar-refractivity contribution >= 4 is 0 Å². The van der Waals surface area contributed by atoms with Crippen LogP contribution >= 0.6 is 0 Å². The van der Waals surface area contributed by atoms with E-state index in [0.29, 0.717) is 0 Å². The summed E-state index contributed by atoms with van der Waals surface area (Å²) in [5.41, 5.74) is 12.2. The van der Waals surface area contributed by atoms with Crippen LogP contribution in [-0.2, 0) is 25.7 Å². The lowest BCUT2D eigenvalue weighted by Crippen LogP contribution is -2.04. The topological polar surface area (TPSA) is 0 Å². The van der Waals surface area contributed by atoms with Crippen molar-refractivity contribution in [1.82, 2.24) is 0 Å². The van der Waals surface area contributed by atoms with E-state index in [4.69, 9.17) is 0 Å². The van der Waals surface area contributed by atoms with E-state index >= 15 is 0 Å². The summed E-state index contributed by atoms with van der Waals surface area (Å²) in [6, 6.07) is 25.5. The second-order valence-corrected chi connectivity index (χ2v) is 16.8. The summed E-state index contributed by atoms with van der Waals surface area (Å²) in [7, 11) is 0. The molecule has 0 saturated carbocycles. The Hall–Kier alpha value is -2.34. The molecule has 0 atom stereocenters. The van der Waals surface area contributed by atoms with Gasteiger partial charge in [0.05, 0.1) is 0 Å². The fraction of sp³-hybridized carbons (Fsp3) is 0.667. The van der Waals surface area contributed by atoms with Crippen molar-refractivity contribution in [2.24, 2.45) is 0 Å². The van der Waals surface area contributed by atoms with Crippen LogP contribution in [0.15, 0.2) is 54.6 Å². The minimum absolute atomic E-state index is 1.17. The molecule has 0 nitrogen and oxygen atoms in total. The molecule has 0 spiro atoms. The second kappa shape index (κ2) is 30.8. The highest BCUT2D eigenvalue weighted by molar-refractivity contribution is 5.88. The molecule has 54 heavy (non-hydrogen) atoms. The highest BCUT2D eigenvalue weighted by Crippen LogP contribution is 2.41. The van der Waals surface area contributed by atoms with Gasteiger partial charge in [0.1, 0.15) is 0 Å². The van der Waals surface area contributed by atoms with Crippen LogP contribution in [0.25, 0.3) is 22.3 Å². The zero-order chi connectivity index (χ0) is 38.3. The van der Waals surface area contributed by atoms with E-state index < -0.39 is 0 Å². The Morgan fingerprint density at radius 3 is 1.11 bits per heavy atom. The third-order valence-corrected chi connectivity index (χ3v) is 12.1. The van der Waals surface area contributed by atoms with Gasteiger partial charge in [-0.15, -0.1) is 0 Å². The first kappa shape index (κ1) is 46.0. The SMILES string of the molecule is CCCCCCCCCc1ccccc1-c1[c]cc(CCCCCCCCC)c(CCCCCCCCC)c1-c1ccccc1CCCCCCCCC. The van der Waals surface area contributed by atoms with Gasteiger partial charge in [0.2, 0.25) is 0 Å². The summed E-state index contributed by atoms with van der Waals surface area (Å²) in [6.45, 7) is 9.29. The normalized spacial score (nSPS) is 11.5. The third kappa shape index (κ3) is 18.1. The molecule has 3 aromatic carbocycles. The highest BCUT2D eigenvalue weighted by Gasteiger charge is 2.20. The van der Waals surface area contributed by atoms with Crippen molar-refractivity contribution in [3.8, 4) is 22.3 Å². The van der Waals surface area contributed by atoms with Crippen LogP contribution < -0.4 is 0 Å². The van der Waals surface area contributed by atoms with Crippen molar-refractivity contribution in [2.75, 3.05) is 0 Å². The van der Waals surface area contributed by atoms with E-state index in [0.717, 1.165) is 0 Å². The maximum Gasteiger partial charge on any atom is -0.00207 e. The summed E-state index contributed by atoms with van der Waals surface area (Å²) in [5, 5.41) is 0. The molecule has 0 aliphatic rings. The Morgan fingerprint density at radius 1 is 0.333 bits per heavy atom. The smallest absolute Gasteiger partial charge is 0.00207 e. The van der Waals surface area contributed by atoms with Gasteiger partial charge >= 0.3 is 0 Å². The lowest BCUT2D eigenvalue weighted by molar-refractivity contribution is 0.583. The molecule has 3 aromatic rings. The zero-order valence-electron chi connectivity index (χ0n) is 36.3.